The number of fused-ring (bicyclic) bond motifs is 2. The number of H-pyrrole nitrogens is 1. The molecule has 3 aromatic heterocycles. The molecule has 1 aliphatic rings. The van der Waals surface area contributed by atoms with E-state index in [9.17, 15) is 9.59 Å². The minimum atomic E-state index is -0.334. The van der Waals surface area contributed by atoms with Gasteiger partial charge in [-0.1, -0.05) is 36.4 Å². The van der Waals surface area contributed by atoms with Gasteiger partial charge in [0, 0.05) is 11.6 Å². The van der Waals surface area contributed by atoms with Gasteiger partial charge in [-0.05, 0) is 60.9 Å². The fourth-order valence-corrected chi connectivity index (χ4v) is 5.49. The molecule has 1 amide bonds. The Morgan fingerprint density at radius 2 is 2.00 bits per heavy atom. The monoisotopic (exact) mass is 511 g/mol. The molecule has 5 aromatic rings. The first-order valence-electron chi connectivity index (χ1n) is 12.3. The van der Waals surface area contributed by atoms with Crippen molar-refractivity contribution in [1.82, 2.24) is 19.7 Å². The van der Waals surface area contributed by atoms with Gasteiger partial charge < -0.3 is 10.1 Å². The predicted molar refractivity (Wildman–Crippen MR) is 145 cm³/mol. The van der Waals surface area contributed by atoms with E-state index < -0.39 is 0 Å². The molecule has 2 N–H and O–H groups in total. The van der Waals surface area contributed by atoms with E-state index in [4.69, 9.17) is 14.8 Å². The van der Waals surface area contributed by atoms with Gasteiger partial charge in [0.15, 0.2) is 0 Å². The molecule has 2 aromatic carbocycles. The maximum absolute atomic E-state index is 13.8. The van der Waals surface area contributed by atoms with E-state index >= 15 is 0 Å². The zero-order chi connectivity index (χ0) is 25.4. The van der Waals surface area contributed by atoms with Crippen LogP contribution in [0.2, 0.25) is 0 Å². The fourth-order valence-electron chi connectivity index (χ4n) is 4.81. The molecule has 0 atom stereocenters. The van der Waals surface area contributed by atoms with Crippen LogP contribution >= 0.6 is 11.3 Å². The number of hydrogen-bond donors (Lipinski definition) is 2. The number of carbonyl (C=O) groups excluding carboxylic acids is 1. The number of nitrogens with zero attached hydrogens (tertiary/aromatic N) is 3. The molecule has 0 fully saturated rings. The number of ether oxygens (including phenoxy) is 1. The fraction of sp³-hybridized carbons (Fsp3) is 0.214. The van der Waals surface area contributed by atoms with Gasteiger partial charge in [0.2, 0.25) is 5.95 Å². The van der Waals surface area contributed by atoms with Crippen LogP contribution in [0, 0.1) is 0 Å². The van der Waals surface area contributed by atoms with Crippen molar-refractivity contribution in [2.45, 2.75) is 32.6 Å². The smallest absolute Gasteiger partial charge is 0.261 e. The summed E-state index contributed by atoms with van der Waals surface area (Å²) in [6.45, 7) is 2.32. The van der Waals surface area contributed by atoms with Crippen LogP contribution in [0.1, 0.15) is 41.4 Å². The van der Waals surface area contributed by atoms with Gasteiger partial charge in [-0.25, -0.2) is 4.98 Å². The van der Waals surface area contributed by atoms with Gasteiger partial charge in [-0.15, -0.1) is 11.3 Å². The van der Waals surface area contributed by atoms with Crippen LogP contribution < -0.4 is 15.6 Å². The largest absolute Gasteiger partial charge is 0.493 e. The number of carbonyl (C=O) groups is 1. The normalized spacial score (nSPS) is 12.9. The average molecular weight is 512 g/mol. The number of rotatable bonds is 6. The highest BCUT2D eigenvalue weighted by Crippen LogP contribution is 2.31. The summed E-state index contributed by atoms with van der Waals surface area (Å²) < 4.78 is 7.33. The van der Waals surface area contributed by atoms with E-state index in [0.717, 1.165) is 52.6 Å². The summed E-state index contributed by atoms with van der Waals surface area (Å²) in [4.78, 5) is 35.2. The maximum atomic E-state index is 13.8. The highest BCUT2D eigenvalue weighted by molar-refractivity contribution is 7.13. The summed E-state index contributed by atoms with van der Waals surface area (Å²) in [6.07, 6.45) is 3.45. The molecule has 0 radical (unpaired) electrons. The number of thiophene rings is 1. The summed E-state index contributed by atoms with van der Waals surface area (Å²) in [5.41, 5.74) is 2.50. The van der Waals surface area contributed by atoms with Crippen molar-refractivity contribution >= 4 is 33.8 Å². The summed E-state index contributed by atoms with van der Waals surface area (Å²) in [5, 5.41) is 11.4. The van der Waals surface area contributed by atoms with Gasteiger partial charge >= 0.3 is 0 Å². The third-order valence-corrected chi connectivity index (χ3v) is 7.41. The minimum absolute atomic E-state index is 0.155. The third-order valence-electron chi connectivity index (χ3n) is 6.52. The number of anilines is 1. The average Bonchev–Trinajstić information content (AvgIpc) is 3.59. The predicted octanol–water partition coefficient (Wildman–Crippen LogP) is 5.37. The quantitative estimate of drug-likeness (QED) is 0.319. The van der Waals surface area contributed by atoms with Crippen LogP contribution in [0.3, 0.4) is 0 Å². The van der Waals surface area contributed by atoms with Crippen LogP contribution in [0.15, 0.2) is 64.8 Å². The molecule has 0 spiro atoms. The van der Waals surface area contributed by atoms with E-state index in [0.29, 0.717) is 29.4 Å². The topological polar surface area (TPSA) is 102 Å². The lowest BCUT2D eigenvalue weighted by atomic mass is 9.97. The van der Waals surface area contributed by atoms with Crippen LogP contribution in [0.25, 0.3) is 27.3 Å². The van der Waals surface area contributed by atoms with E-state index in [1.165, 1.54) is 4.68 Å². The summed E-state index contributed by atoms with van der Waals surface area (Å²) in [6, 6.07) is 17.2. The van der Waals surface area contributed by atoms with Crippen LogP contribution in [0.4, 0.5) is 5.82 Å². The van der Waals surface area contributed by atoms with Crippen molar-refractivity contribution in [3.05, 3.63) is 87.2 Å². The van der Waals surface area contributed by atoms with E-state index in [1.54, 1.807) is 17.4 Å². The molecule has 3 heterocycles. The lowest BCUT2D eigenvalue weighted by Gasteiger charge is -2.16. The minimum Gasteiger partial charge on any atom is -0.493 e. The standard InChI is InChI=1S/C28H25N5O3S/c1-2-36-22-14-13-17-8-3-4-9-18(17)25(22)27(35)30-24-16-21(23-12-7-15-37-23)32-33(24)28-29-20-11-6-5-10-19(20)26(34)31-28/h3-4,7-9,12-16H,2,5-6,10-11H2,1H3,(H,30,35)(H,29,31,34). The lowest BCUT2D eigenvalue weighted by Crippen LogP contribution is -2.25. The molecule has 6 rings (SSSR count). The molecular formula is C28H25N5O3S. The number of aromatic amines is 1. The Morgan fingerprint density at radius 1 is 1.14 bits per heavy atom. The Bertz CT molecular complexity index is 1670. The molecule has 1 aliphatic carbocycles. The van der Waals surface area contributed by atoms with Crippen molar-refractivity contribution < 1.29 is 9.53 Å². The van der Waals surface area contributed by atoms with Crippen molar-refractivity contribution in [1.29, 1.82) is 0 Å². The molecule has 186 valence electrons. The summed E-state index contributed by atoms with van der Waals surface area (Å²) >= 11 is 1.54. The molecule has 0 saturated carbocycles. The maximum Gasteiger partial charge on any atom is 0.261 e. The molecule has 0 unspecified atom stereocenters. The second-order valence-corrected chi connectivity index (χ2v) is 9.82. The number of aromatic nitrogens is 4. The Morgan fingerprint density at radius 3 is 2.84 bits per heavy atom. The van der Waals surface area contributed by atoms with Gasteiger partial charge in [0.1, 0.15) is 17.3 Å². The molecule has 0 aliphatic heterocycles. The van der Waals surface area contributed by atoms with Gasteiger partial charge in [-0.2, -0.15) is 9.78 Å². The van der Waals surface area contributed by atoms with Crippen LogP contribution in [-0.4, -0.2) is 32.3 Å². The molecule has 0 bridgehead atoms. The Labute approximate surface area is 217 Å². The molecule has 37 heavy (non-hydrogen) atoms. The zero-order valence-corrected chi connectivity index (χ0v) is 21.1. The highest BCUT2D eigenvalue weighted by atomic mass is 32.1. The SMILES string of the molecule is CCOc1ccc2ccccc2c1C(=O)Nc1cc(-c2cccs2)nn1-c1nc2c(c(=O)[nH]1)CCCC2. The van der Waals surface area contributed by atoms with E-state index in [-0.39, 0.29) is 17.4 Å². The Balaban J connectivity index is 1.47. The first-order chi connectivity index (χ1) is 18.1. The molecular weight excluding hydrogens is 486 g/mol. The van der Waals surface area contributed by atoms with Crippen LogP contribution in [0.5, 0.6) is 5.75 Å². The molecule has 9 heteroatoms. The number of benzene rings is 2. The van der Waals surface area contributed by atoms with Crippen LogP contribution in [-0.2, 0) is 12.8 Å². The third kappa shape index (κ3) is 4.31. The van der Waals surface area contributed by atoms with E-state index in [2.05, 4.69) is 10.3 Å². The summed E-state index contributed by atoms with van der Waals surface area (Å²) in [7, 11) is 0. The lowest BCUT2D eigenvalue weighted by molar-refractivity contribution is 0.102. The van der Waals surface area contributed by atoms with Gasteiger partial charge in [-0.3, -0.25) is 14.6 Å². The first-order valence-corrected chi connectivity index (χ1v) is 13.2. The van der Waals surface area contributed by atoms with Crippen molar-refractivity contribution in [3.8, 4) is 22.3 Å². The number of nitrogens with one attached hydrogen (secondary N) is 2. The van der Waals surface area contributed by atoms with Crippen molar-refractivity contribution in [3.63, 3.8) is 0 Å². The number of aryl methyl sites for hydroxylation is 1. The Hall–Kier alpha value is -4.24. The first kappa shape index (κ1) is 23.2. The summed E-state index contributed by atoms with van der Waals surface area (Å²) in [5.74, 6) is 0.859. The number of hydrogen-bond acceptors (Lipinski definition) is 6. The van der Waals surface area contributed by atoms with Crippen molar-refractivity contribution in [2.24, 2.45) is 0 Å². The molecule has 8 nitrogen and oxygen atoms in total. The van der Waals surface area contributed by atoms with Gasteiger partial charge in [0.25, 0.3) is 11.5 Å². The van der Waals surface area contributed by atoms with E-state index in [1.807, 2.05) is 60.8 Å². The highest BCUT2D eigenvalue weighted by Gasteiger charge is 2.23. The van der Waals surface area contributed by atoms with Crippen molar-refractivity contribution in [2.75, 3.05) is 11.9 Å². The second kappa shape index (κ2) is 9.67. The number of amides is 1. The molecule has 0 saturated heterocycles. The Kier molecular flexibility index (Phi) is 6.05. The zero-order valence-electron chi connectivity index (χ0n) is 20.3. The second-order valence-electron chi connectivity index (χ2n) is 8.87. The van der Waals surface area contributed by atoms with Gasteiger partial charge in [0.05, 0.1) is 22.7 Å².